The minimum atomic E-state index is -0.892. The zero-order valence-electron chi connectivity index (χ0n) is 13.3. The molecule has 3 rings (SSSR count). The Bertz CT molecular complexity index is 788. The summed E-state index contributed by atoms with van der Waals surface area (Å²) in [6.45, 7) is 4.28. The molecular weight excluding hydrogens is 348 g/mol. The monoisotopic (exact) mass is 364 g/mol. The van der Waals surface area contributed by atoms with Crippen molar-refractivity contribution in [3.05, 3.63) is 50.4 Å². The van der Waals surface area contributed by atoms with Crippen molar-refractivity contribution in [1.82, 2.24) is 9.88 Å². The molecule has 2 aromatic rings. The van der Waals surface area contributed by atoms with E-state index in [9.17, 15) is 14.7 Å². The molecule has 7 heteroatoms. The van der Waals surface area contributed by atoms with Gasteiger partial charge in [-0.25, -0.2) is 4.98 Å². The number of halogens is 1. The molecule has 0 saturated carbocycles. The molecule has 0 bridgehead atoms. The third-order valence-corrected chi connectivity index (χ3v) is 5.47. The largest absolute Gasteiger partial charge is 0.481 e. The molecule has 126 valence electrons. The van der Waals surface area contributed by atoms with Crippen molar-refractivity contribution < 1.29 is 14.7 Å². The lowest BCUT2D eigenvalue weighted by atomic mass is 9.89. The van der Waals surface area contributed by atoms with Crippen molar-refractivity contribution in [3.8, 4) is 0 Å². The Morgan fingerprint density at radius 1 is 1.25 bits per heavy atom. The first-order valence-corrected chi connectivity index (χ1v) is 8.78. The molecule has 1 saturated heterocycles. The number of carboxylic acids is 1. The molecule has 2 atom stereocenters. The fourth-order valence-electron chi connectivity index (χ4n) is 3.14. The van der Waals surface area contributed by atoms with Crippen molar-refractivity contribution >= 4 is 34.8 Å². The Labute approximate surface area is 148 Å². The number of rotatable bonds is 3. The molecule has 0 aliphatic carbocycles. The number of hydrogen-bond acceptors (Lipinski definition) is 4. The van der Waals surface area contributed by atoms with Crippen molar-refractivity contribution in [2.45, 2.75) is 19.8 Å². The Balaban J connectivity index is 1.87. The molecule has 1 aromatic carbocycles. The van der Waals surface area contributed by atoms with Gasteiger partial charge in [0.25, 0.3) is 5.91 Å². The van der Waals surface area contributed by atoms with Crippen LogP contribution >= 0.6 is 22.9 Å². The summed E-state index contributed by atoms with van der Waals surface area (Å²) in [5, 5.41) is 11.0. The number of carboxylic acid groups (broad SMARTS) is 1. The van der Waals surface area contributed by atoms with Crippen LogP contribution in [0.1, 0.15) is 31.9 Å². The average molecular weight is 365 g/mol. The number of likely N-dealkylation sites (tertiary alicyclic amines) is 1. The van der Waals surface area contributed by atoms with Gasteiger partial charge in [-0.3, -0.25) is 9.59 Å². The molecule has 0 unspecified atom stereocenters. The molecule has 1 amide bonds. The molecule has 1 fully saturated rings. The highest BCUT2D eigenvalue weighted by Gasteiger charge is 2.41. The van der Waals surface area contributed by atoms with Crippen LogP contribution in [-0.4, -0.2) is 40.0 Å². The lowest BCUT2D eigenvalue weighted by molar-refractivity contribution is -0.141. The highest BCUT2D eigenvalue weighted by Crippen LogP contribution is 2.34. The van der Waals surface area contributed by atoms with Crippen LogP contribution in [0.25, 0.3) is 0 Å². The van der Waals surface area contributed by atoms with E-state index < -0.39 is 11.9 Å². The molecule has 2 heterocycles. The van der Waals surface area contributed by atoms with Gasteiger partial charge in [-0.15, -0.1) is 11.3 Å². The standard InChI is InChI=1S/C17H17ClN2O3S/c1-9-15(19-10(2)24-9)16(21)20-7-13(14(8-20)17(22)23)11-3-5-12(18)6-4-11/h3-6,13-14H,7-8H2,1-2H3,(H,22,23)/t13-,14+/m0/s1. The zero-order valence-corrected chi connectivity index (χ0v) is 14.9. The average Bonchev–Trinajstić information content (AvgIpc) is 3.11. The predicted octanol–water partition coefficient (Wildman–Crippen LogP) is 3.35. The van der Waals surface area contributed by atoms with Gasteiger partial charge in [0.15, 0.2) is 0 Å². The fourth-order valence-corrected chi connectivity index (χ4v) is 4.08. The van der Waals surface area contributed by atoms with Gasteiger partial charge in [-0.05, 0) is 31.5 Å². The van der Waals surface area contributed by atoms with Crippen molar-refractivity contribution in [1.29, 1.82) is 0 Å². The van der Waals surface area contributed by atoms with E-state index in [-0.39, 0.29) is 18.4 Å². The highest BCUT2D eigenvalue weighted by atomic mass is 35.5. The maximum absolute atomic E-state index is 12.7. The van der Waals surface area contributed by atoms with Gasteiger partial charge >= 0.3 is 5.97 Å². The van der Waals surface area contributed by atoms with E-state index in [1.54, 1.807) is 17.0 Å². The summed E-state index contributed by atoms with van der Waals surface area (Å²) in [5.41, 5.74) is 1.31. The maximum Gasteiger partial charge on any atom is 0.308 e. The van der Waals surface area contributed by atoms with E-state index in [4.69, 9.17) is 11.6 Å². The summed E-state index contributed by atoms with van der Waals surface area (Å²) in [6.07, 6.45) is 0. The van der Waals surface area contributed by atoms with Crippen LogP contribution < -0.4 is 0 Å². The van der Waals surface area contributed by atoms with E-state index >= 15 is 0 Å². The number of nitrogens with zero attached hydrogens (tertiary/aromatic N) is 2. The quantitative estimate of drug-likeness (QED) is 0.906. The van der Waals surface area contributed by atoms with Gasteiger partial charge in [0.1, 0.15) is 5.69 Å². The summed E-state index contributed by atoms with van der Waals surface area (Å²) < 4.78 is 0. The summed E-state index contributed by atoms with van der Waals surface area (Å²) in [7, 11) is 0. The fraction of sp³-hybridized carbons (Fsp3) is 0.353. The van der Waals surface area contributed by atoms with Crippen molar-refractivity contribution in [2.75, 3.05) is 13.1 Å². The third-order valence-electron chi connectivity index (χ3n) is 4.33. The van der Waals surface area contributed by atoms with Gasteiger partial charge in [-0.1, -0.05) is 23.7 Å². The molecule has 1 N–H and O–H groups in total. The molecule has 0 spiro atoms. The molecule has 0 radical (unpaired) electrons. The van der Waals surface area contributed by atoms with E-state index in [1.807, 2.05) is 26.0 Å². The van der Waals surface area contributed by atoms with Crippen LogP contribution in [0.2, 0.25) is 5.02 Å². The minimum Gasteiger partial charge on any atom is -0.481 e. The maximum atomic E-state index is 12.7. The second kappa shape index (κ2) is 6.53. The van der Waals surface area contributed by atoms with Gasteiger partial charge in [0.05, 0.1) is 10.9 Å². The lowest BCUT2D eigenvalue weighted by Gasteiger charge is -2.16. The number of hydrogen-bond donors (Lipinski definition) is 1. The van der Waals surface area contributed by atoms with Crippen LogP contribution in [0.15, 0.2) is 24.3 Å². The Morgan fingerprint density at radius 2 is 1.92 bits per heavy atom. The van der Waals surface area contributed by atoms with E-state index in [2.05, 4.69) is 4.98 Å². The third kappa shape index (κ3) is 3.16. The minimum absolute atomic E-state index is 0.192. The van der Waals surface area contributed by atoms with Crippen molar-refractivity contribution in [2.24, 2.45) is 5.92 Å². The summed E-state index contributed by atoms with van der Waals surface area (Å²) in [6, 6.07) is 7.15. The molecule has 1 aliphatic rings. The SMILES string of the molecule is Cc1nc(C(=O)N2C[C@@H](C(=O)O)[C@H](c3ccc(Cl)cc3)C2)c(C)s1. The predicted molar refractivity (Wildman–Crippen MR) is 92.8 cm³/mol. The summed E-state index contributed by atoms with van der Waals surface area (Å²) in [5.74, 6) is -1.96. The number of aliphatic carboxylic acids is 1. The second-order valence-corrected chi connectivity index (χ2v) is 7.79. The molecule has 1 aromatic heterocycles. The van der Waals surface area contributed by atoms with Crippen LogP contribution in [0.3, 0.4) is 0 Å². The molecular formula is C17H17ClN2O3S. The van der Waals surface area contributed by atoms with Gasteiger partial charge in [-0.2, -0.15) is 0 Å². The number of aromatic nitrogens is 1. The van der Waals surface area contributed by atoms with Crippen LogP contribution in [0.4, 0.5) is 0 Å². The highest BCUT2D eigenvalue weighted by molar-refractivity contribution is 7.11. The van der Waals surface area contributed by atoms with Gasteiger partial charge in [0.2, 0.25) is 0 Å². The lowest BCUT2D eigenvalue weighted by Crippen LogP contribution is -2.30. The topological polar surface area (TPSA) is 70.5 Å². The normalized spacial score (nSPS) is 20.4. The smallest absolute Gasteiger partial charge is 0.308 e. The van der Waals surface area contributed by atoms with Gasteiger partial charge in [0, 0.05) is 28.9 Å². The number of benzene rings is 1. The van der Waals surface area contributed by atoms with E-state index in [0.717, 1.165) is 15.4 Å². The van der Waals surface area contributed by atoms with Crippen LogP contribution in [0, 0.1) is 19.8 Å². The first-order valence-electron chi connectivity index (χ1n) is 7.58. The number of thiazole rings is 1. The zero-order chi connectivity index (χ0) is 17.4. The number of amides is 1. The number of carbonyl (C=O) groups excluding carboxylic acids is 1. The summed E-state index contributed by atoms with van der Waals surface area (Å²) in [4.78, 5) is 31.1. The van der Waals surface area contributed by atoms with E-state index in [1.165, 1.54) is 11.3 Å². The Hall–Kier alpha value is -1.92. The number of aryl methyl sites for hydroxylation is 2. The van der Waals surface area contributed by atoms with Crippen molar-refractivity contribution in [3.63, 3.8) is 0 Å². The Morgan fingerprint density at radius 3 is 2.46 bits per heavy atom. The van der Waals surface area contributed by atoms with E-state index in [0.29, 0.717) is 17.3 Å². The molecule has 1 aliphatic heterocycles. The molecule has 5 nitrogen and oxygen atoms in total. The Kier molecular flexibility index (Phi) is 4.60. The van der Waals surface area contributed by atoms with Crippen LogP contribution in [-0.2, 0) is 4.79 Å². The molecule has 24 heavy (non-hydrogen) atoms. The first-order chi connectivity index (χ1) is 11.4. The van der Waals surface area contributed by atoms with Gasteiger partial charge < -0.3 is 10.0 Å². The van der Waals surface area contributed by atoms with Crippen LogP contribution in [0.5, 0.6) is 0 Å². The first kappa shape index (κ1) is 16.9. The number of carbonyl (C=O) groups is 2. The summed E-state index contributed by atoms with van der Waals surface area (Å²) >= 11 is 7.38. The second-order valence-electron chi connectivity index (χ2n) is 5.95.